The van der Waals surface area contributed by atoms with Crippen LogP contribution in [-0.2, 0) is 20.3 Å². The second-order valence-corrected chi connectivity index (χ2v) is 18.3. The molecule has 2 atom stereocenters. The Morgan fingerprint density at radius 2 is 1.14 bits per heavy atom. The molecule has 22 heavy (non-hydrogen) atoms. The zero-order chi connectivity index (χ0) is 14.9. The maximum atomic E-state index is 2.54. The molecule has 2 heteroatoms. The van der Waals surface area contributed by atoms with Crippen molar-refractivity contribution >= 4 is 21.7 Å². The smallest absolute Gasteiger partial charge is 0.0135 e. The first-order valence-corrected chi connectivity index (χ1v) is 16.6. The molecule has 0 amide bonds. The van der Waals surface area contributed by atoms with Crippen molar-refractivity contribution in [3.8, 4) is 0 Å². The number of hydrogen-bond donors (Lipinski definition) is 0. The summed E-state index contributed by atoms with van der Waals surface area (Å²) in [7, 11) is 0.417. The van der Waals surface area contributed by atoms with E-state index in [1.807, 2.05) is 6.56 Å². The minimum absolute atomic E-state index is 0.417. The van der Waals surface area contributed by atoms with E-state index >= 15 is 0 Å². The fraction of sp³-hybridized carbons (Fsp3) is 0.200. The molecule has 0 aromatic heterocycles. The third-order valence-electron chi connectivity index (χ3n) is 5.56. The standard InChI is InChI=1S/2C9H6.C2H8Si.Zr/c2*1-2-5-9-7-3-6-8(9)4-1;1-3-2;/h2*1-2,4-7H;3H2,1-2H3;. The van der Waals surface area contributed by atoms with E-state index in [0.717, 1.165) is 7.25 Å². The second-order valence-electron chi connectivity index (χ2n) is 6.90. The van der Waals surface area contributed by atoms with Gasteiger partial charge in [-0.15, -0.1) is 0 Å². The molecule has 2 saturated heterocycles. The number of fused-ring (bicyclic) bond motifs is 10. The van der Waals surface area contributed by atoms with Crippen molar-refractivity contribution in [3.63, 3.8) is 0 Å². The average molecular weight is 380 g/mol. The summed E-state index contributed by atoms with van der Waals surface area (Å²) in [5.74, 6) is 0. The molecule has 4 aliphatic rings. The molecule has 2 aromatic carbocycles. The van der Waals surface area contributed by atoms with Gasteiger partial charge in [0.25, 0.3) is 0 Å². The van der Waals surface area contributed by atoms with Gasteiger partial charge in [0.2, 0.25) is 0 Å². The van der Waals surface area contributed by atoms with Crippen molar-refractivity contribution in [2.24, 2.45) is 0 Å². The van der Waals surface area contributed by atoms with Crippen LogP contribution in [0.25, 0.3) is 12.2 Å². The zero-order valence-electron chi connectivity index (χ0n) is 13.1. The second kappa shape index (κ2) is 4.52. The zero-order valence-corrected chi connectivity index (χ0v) is 17.0. The van der Waals surface area contributed by atoms with Crippen molar-refractivity contribution in [1.29, 1.82) is 0 Å². The maximum Gasteiger partial charge on any atom is 0.0135 e. The summed E-state index contributed by atoms with van der Waals surface area (Å²) in [5.41, 5.74) is 6.31. The molecule has 0 bridgehead atoms. The fourth-order valence-electron chi connectivity index (χ4n) is 4.78. The van der Waals surface area contributed by atoms with Crippen LogP contribution >= 0.6 is 0 Å². The molecule has 2 unspecified atom stereocenters. The molecule has 0 saturated carbocycles. The molecule has 2 aromatic rings. The van der Waals surface area contributed by atoms with Crippen LogP contribution in [0.1, 0.15) is 29.5 Å². The molecular weight excluding hydrogens is 360 g/mol. The molecular formula is C20H20SiZr. The minimum atomic E-state index is -2.01. The van der Waals surface area contributed by atoms with E-state index < -0.39 is 20.3 Å². The molecule has 0 nitrogen and oxygen atoms in total. The van der Waals surface area contributed by atoms with Gasteiger partial charge < -0.3 is 0 Å². The predicted octanol–water partition coefficient (Wildman–Crippen LogP) is 4.61. The SMILES string of the molecule is C1=[C]2[CH](c3ccccc31)[Zr]21[C]2=Cc3ccccc3[CH]21.C[SiH2]C. The van der Waals surface area contributed by atoms with Crippen molar-refractivity contribution in [3.05, 3.63) is 77.3 Å². The largest absolute Gasteiger partial charge is 0.0750 e. The molecule has 0 radical (unpaired) electrons. The molecule has 1 spiro atoms. The van der Waals surface area contributed by atoms with E-state index in [0.29, 0.717) is 9.52 Å². The van der Waals surface area contributed by atoms with Gasteiger partial charge in [-0.3, -0.25) is 0 Å². The average Bonchev–Trinajstić information content (AvgIpc) is 3.20. The first-order valence-electron chi connectivity index (χ1n) is 8.46. The Bertz CT molecular complexity index is 790. The Hall–Kier alpha value is -0.980. The summed E-state index contributed by atoms with van der Waals surface area (Å²) in [6, 6.07) is 18.1. The van der Waals surface area contributed by atoms with Crippen LogP contribution in [0, 0.1) is 0 Å². The fourth-order valence-corrected chi connectivity index (χ4v) is 23.0. The van der Waals surface area contributed by atoms with Crippen LogP contribution in [-0.4, -0.2) is 9.52 Å². The monoisotopic (exact) mass is 378 g/mol. The van der Waals surface area contributed by atoms with Gasteiger partial charge in [0.1, 0.15) is 0 Å². The van der Waals surface area contributed by atoms with Gasteiger partial charge in [0.05, 0.1) is 0 Å². The van der Waals surface area contributed by atoms with E-state index in [-0.39, 0.29) is 0 Å². The molecule has 0 N–H and O–H groups in total. The number of allylic oxidation sites excluding steroid dienone is 2. The summed E-state index contributed by atoms with van der Waals surface area (Å²) in [5, 5.41) is 0. The van der Waals surface area contributed by atoms with Gasteiger partial charge in [-0.2, -0.15) is 0 Å². The van der Waals surface area contributed by atoms with Gasteiger partial charge in [-0.1, -0.05) is 13.1 Å². The first-order chi connectivity index (χ1) is 10.8. The Labute approximate surface area is 139 Å². The Kier molecular flexibility index (Phi) is 2.77. The van der Waals surface area contributed by atoms with Crippen LogP contribution in [0.3, 0.4) is 0 Å². The van der Waals surface area contributed by atoms with Gasteiger partial charge in [-0.25, -0.2) is 0 Å². The first kappa shape index (κ1) is 13.5. The van der Waals surface area contributed by atoms with Gasteiger partial charge in [0, 0.05) is 9.52 Å². The molecule has 2 fully saturated rings. The van der Waals surface area contributed by atoms with Crippen molar-refractivity contribution in [2.45, 2.75) is 20.3 Å². The van der Waals surface area contributed by atoms with E-state index in [2.05, 4.69) is 73.8 Å². The van der Waals surface area contributed by atoms with Gasteiger partial charge >= 0.3 is 117 Å². The van der Waals surface area contributed by atoms with Crippen molar-refractivity contribution < 1.29 is 20.3 Å². The van der Waals surface area contributed by atoms with E-state index in [4.69, 9.17) is 0 Å². The summed E-state index contributed by atoms with van der Waals surface area (Å²) >= 11 is -2.01. The van der Waals surface area contributed by atoms with Crippen LogP contribution < -0.4 is 0 Å². The summed E-state index contributed by atoms with van der Waals surface area (Å²) in [6.07, 6.45) is 5.08. The van der Waals surface area contributed by atoms with Crippen LogP contribution in [0.15, 0.2) is 55.1 Å². The third kappa shape index (κ3) is 1.46. The van der Waals surface area contributed by atoms with E-state index in [1.165, 1.54) is 11.1 Å². The number of hydrogen-bond acceptors (Lipinski definition) is 0. The van der Waals surface area contributed by atoms with E-state index in [1.54, 1.807) is 11.1 Å². The van der Waals surface area contributed by atoms with Crippen molar-refractivity contribution in [1.82, 2.24) is 0 Å². The number of benzene rings is 2. The quantitative estimate of drug-likeness (QED) is 0.586. The molecule has 2 aliphatic heterocycles. The Morgan fingerprint density at radius 3 is 1.59 bits per heavy atom. The molecule has 2 aliphatic carbocycles. The minimum Gasteiger partial charge on any atom is -0.0750 e. The van der Waals surface area contributed by atoms with Crippen molar-refractivity contribution in [2.75, 3.05) is 0 Å². The van der Waals surface area contributed by atoms with Gasteiger partial charge in [0.15, 0.2) is 0 Å². The van der Waals surface area contributed by atoms with E-state index in [9.17, 15) is 0 Å². The Morgan fingerprint density at radius 1 is 0.727 bits per heavy atom. The molecule has 2 heterocycles. The number of rotatable bonds is 0. The topological polar surface area (TPSA) is 0 Å². The normalized spacial score (nSPS) is 30.3. The third-order valence-corrected chi connectivity index (χ3v) is 18.4. The van der Waals surface area contributed by atoms with Gasteiger partial charge in [-0.05, 0) is 0 Å². The summed E-state index contributed by atoms with van der Waals surface area (Å²) in [6.45, 7) is 4.53. The summed E-state index contributed by atoms with van der Waals surface area (Å²) in [4.78, 5) is 0. The van der Waals surface area contributed by atoms with Crippen LogP contribution in [0.5, 0.6) is 0 Å². The predicted molar refractivity (Wildman–Crippen MR) is 94.6 cm³/mol. The molecule has 108 valence electrons. The van der Waals surface area contributed by atoms with Crippen LogP contribution in [0.4, 0.5) is 0 Å². The van der Waals surface area contributed by atoms with Crippen LogP contribution in [0.2, 0.25) is 13.1 Å². The maximum absolute atomic E-state index is 2.54. The molecule has 6 rings (SSSR count). The Balaban J connectivity index is 0.000000351. The summed E-state index contributed by atoms with van der Waals surface area (Å²) < 4.78 is 5.60.